The molecule has 0 N–H and O–H groups in total. The van der Waals surface area contributed by atoms with Gasteiger partial charge in [0.05, 0.1) is 0 Å². The van der Waals surface area contributed by atoms with E-state index in [1.807, 2.05) is 0 Å². The van der Waals surface area contributed by atoms with Crippen LogP contribution in [0.4, 0.5) is 0 Å². The lowest BCUT2D eigenvalue weighted by Crippen LogP contribution is -1.87. The summed E-state index contributed by atoms with van der Waals surface area (Å²) < 4.78 is 0. The monoisotopic (exact) mass is 1810 g/mol. The summed E-state index contributed by atoms with van der Waals surface area (Å²) in [5, 5.41) is 0. The summed E-state index contributed by atoms with van der Waals surface area (Å²) in [5.74, 6) is 10.8. The van der Waals surface area contributed by atoms with Crippen LogP contribution < -0.4 is 0 Å². The molecular weight excluding hydrogens is 1530 g/mol. The van der Waals surface area contributed by atoms with Crippen LogP contribution in [0.15, 0.2) is 0 Å². The Bertz CT molecular complexity index is 1530. The van der Waals surface area contributed by atoms with E-state index in [1.54, 1.807) is 0 Å². The zero-order valence-electron chi connectivity index (χ0n) is 98.1. The molecule has 0 saturated carbocycles. The van der Waals surface area contributed by atoms with Crippen LogP contribution in [-0.4, -0.2) is 0 Å². The van der Waals surface area contributed by atoms with Crippen LogP contribution in [0.1, 0.15) is 758 Å². The molecule has 0 heterocycles. The summed E-state index contributed by atoms with van der Waals surface area (Å²) in [4.78, 5) is 0. The van der Waals surface area contributed by atoms with E-state index in [1.165, 1.54) is 501 Å². The lowest BCUT2D eigenvalue weighted by molar-refractivity contribution is 0.504. The van der Waals surface area contributed by atoms with Gasteiger partial charge in [0.1, 0.15) is 0 Å². The van der Waals surface area contributed by atoms with E-state index in [0.717, 1.165) is 71.0 Å². The minimum Gasteiger partial charge on any atom is -0.0776 e. The third-order valence-corrected chi connectivity index (χ3v) is 24.3. The Morgan fingerprint density at radius 1 is 0.0866 bits per heavy atom. The summed E-state index contributed by atoms with van der Waals surface area (Å²) in [6.07, 6.45) is 112. The van der Waals surface area contributed by atoms with E-state index in [0.29, 0.717) is 0 Å². The fourth-order valence-corrected chi connectivity index (χ4v) is 14.8. The van der Waals surface area contributed by atoms with Gasteiger partial charge in [-0.1, -0.05) is 758 Å². The molecule has 0 aliphatic heterocycles. The zero-order valence-corrected chi connectivity index (χ0v) is 98.1. The van der Waals surface area contributed by atoms with E-state index < -0.39 is 0 Å². The van der Waals surface area contributed by atoms with Gasteiger partial charge in [-0.15, -0.1) is 0 Å². The highest BCUT2D eigenvalue weighted by Crippen LogP contribution is 2.21. The topological polar surface area (TPSA) is 0 Å². The Kier molecular flexibility index (Phi) is 185. The van der Waals surface area contributed by atoms with Crippen molar-refractivity contribution in [2.45, 2.75) is 758 Å². The van der Waals surface area contributed by atoms with Crippen molar-refractivity contribution in [1.29, 1.82) is 0 Å². The number of hydrogen-bond donors (Lipinski definition) is 0. The zero-order chi connectivity index (χ0) is 98.1. The normalized spacial score (nSPS) is 10.8. The summed E-state index contributed by atoms with van der Waals surface area (Å²) >= 11 is 0. The lowest BCUT2D eigenvalue weighted by Gasteiger charge is -2.04. The van der Waals surface area contributed by atoms with Crippen LogP contribution in [0, 0.1) is 71.0 Å². The Hall–Kier alpha value is 0. The molecular formula is C127H280. The van der Waals surface area contributed by atoms with Gasteiger partial charge in [0, 0.05) is 0 Å². The van der Waals surface area contributed by atoms with Crippen molar-refractivity contribution < 1.29 is 0 Å². The third kappa shape index (κ3) is 239. The van der Waals surface area contributed by atoms with Crippen molar-refractivity contribution in [3.05, 3.63) is 0 Å². The molecule has 0 aliphatic carbocycles. The molecule has 0 nitrogen and oxygen atoms in total. The number of hydrogen-bond acceptors (Lipinski definition) is 0. The predicted octanol–water partition coefficient (Wildman–Crippen LogP) is 51.0. The molecule has 0 rings (SSSR count). The maximum Gasteiger partial charge on any atom is -0.0471 e. The fourth-order valence-electron chi connectivity index (χ4n) is 14.8. The quantitative estimate of drug-likeness (QED) is 0.0533. The van der Waals surface area contributed by atoms with Crippen LogP contribution in [0.25, 0.3) is 0 Å². The van der Waals surface area contributed by atoms with E-state index in [9.17, 15) is 0 Å². The molecule has 127 heavy (non-hydrogen) atoms. The highest BCUT2D eigenvalue weighted by atomic mass is 14.1. The molecule has 0 aromatic rings. The van der Waals surface area contributed by atoms with Gasteiger partial charge in [0.25, 0.3) is 0 Å². The second kappa shape index (κ2) is 151. The molecule has 0 amide bonds. The predicted molar refractivity (Wildman–Crippen MR) is 613 cm³/mol. The first-order valence-electron chi connectivity index (χ1n) is 60.2. The van der Waals surface area contributed by atoms with Crippen molar-refractivity contribution in [1.82, 2.24) is 0 Å². The van der Waals surface area contributed by atoms with Gasteiger partial charge in [-0.2, -0.15) is 0 Å². The molecule has 0 aromatic carbocycles. The van der Waals surface area contributed by atoms with Crippen molar-refractivity contribution >= 4 is 0 Å². The standard InChI is InChI=1S/C16H34.C15H32.C14H30.C13H28.C12H26.C11H24.C10H22.C9H20.C8H18.C7H16.C6H14.C5H12.CH4/c1-4-5-6-7-8-9-10-11-12-13-14-15-16(2)3;1-4-5-6-7-8-9-10-11-12-13-14-15(2)3;1-4-5-6-7-8-9-10-11-12-13-14(2)3;1-4-5-6-7-8-9-10-11-12-13(2)3;1-4-5-6-7-8-9-10-11-12(2)3;1-4-5-6-7-8-9-10-11(2)3;1-4-5-6-7-8-9-10(2)3;1-4-5-6-7-8-9(2)3;1-4-5-6-7-8(2)3;1-4-5-6-7(2)3;1-4-5-6(2)3;1-4-5(2)3;/h16H,4-15H2,1-3H3;15H,4-14H2,1-3H3;14H,4-13H2,1-3H3;13H,4-12H2,1-3H3;12H,4-11H2,1-3H3;11H,4-10H2,1-3H3;10H,4-9H2,1-3H3;9H,4-8H2,1-3H3;8H,4-7H2,1-3H3;7H,4-6H2,1-3H3;6H,4-5H2,1-3H3;5H,4H2,1-3H3;1H4. The average Bonchev–Trinajstić information content (AvgIpc) is 1.14. The van der Waals surface area contributed by atoms with Gasteiger partial charge in [0.15, 0.2) is 0 Å². The molecule has 0 aliphatic rings. The molecule has 0 heteroatoms. The van der Waals surface area contributed by atoms with Crippen molar-refractivity contribution in [3.63, 3.8) is 0 Å². The van der Waals surface area contributed by atoms with Crippen molar-refractivity contribution in [2.24, 2.45) is 71.0 Å². The Balaban J connectivity index is -0.000000103. The van der Waals surface area contributed by atoms with Crippen LogP contribution in [-0.2, 0) is 0 Å². The first-order chi connectivity index (χ1) is 60.2. The summed E-state index contributed by atoms with van der Waals surface area (Å²) in [7, 11) is 0. The van der Waals surface area contributed by atoms with Crippen LogP contribution in [0.2, 0.25) is 0 Å². The second-order valence-corrected chi connectivity index (χ2v) is 45.3. The molecule has 0 saturated heterocycles. The van der Waals surface area contributed by atoms with Gasteiger partial charge < -0.3 is 0 Å². The second-order valence-electron chi connectivity index (χ2n) is 45.3. The van der Waals surface area contributed by atoms with E-state index in [-0.39, 0.29) is 7.43 Å². The SMILES string of the molecule is C.CCC(C)C.CCCC(C)C.CCCCC(C)C.CCCCCC(C)C.CCCCCCC(C)C.CCCCCCCC(C)C.CCCCCCCCC(C)C.CCCCCCCCCC(C)C.CCCCCCCCCCC(C)C.CCCCCCCCCCCC(C)C.CCCCCCCCCCCCC(C)C.CCCCCCCCCCCCCC(C)C. The van der Waals surface area contributed by atoms with Crippen LogP contribution in [0.3, 0.4) is 0 Å². The summed E-state index contributed by atoms with van der Waals surface area (Å²) in [5.41, 5.74) is 0. The maximum absolute atomic E-state index is 2.33. The molecule has 0 radical (unpaired) electrons. The van der Waals surface area contributed by atoms with Crippen LogP contribution >= 0.6 is 0 Å². The largest absolute Gasteiger partial charge is 0.0776 e. The first-order valence-corrected chi connectivity index (χ1v) is 60.2. The smallest absolute Gasteiger partial charge is 0.0471 e. The third-order valence-electron chi connectivity index (χ3n) is 24.3. The Morgan fingerprint density at radius 3 is 0.244 bits per heavy atom. The Labute approximate surface area is 823 Å². The van der Waals surface area contributed by atoms with E-state index in [4.69, 9.17) is 0 Å². The highest BCUT2D eigenvalue weighted by molar-refractivity contribution is 4.57. The summed E-state index contributed by atoms with van der Waals surface area (Å²) in [6.45, 7) is 82.3. The van der Waals surface area contributed by atoms with E-state index in [2.05, 4.69) is 249 Å². The van der Waals surface area contributed by atoms with E-state index >= 15 is 0 Å². The van der Waals surface area contributed by atoms with Crippen molar-refractivity contribution in [3.8, 4) is 0 Å². The number of unbranched alkanes of at least 4 members (excludes halogenated alkanes) is 55. The average molecular weight is 1810 g/mol. The van der Waals surface area contributed by atoms with Gasteiger partial charge in [-0.25, -0.2) is 0 Å². The Morgan fingerprint density at radius 2 is 0.165 bits per heavy atom. The molecule has 0 atom stereocenters. The van der Waals surface area contributed by atoms with Gasteiger partial charge >= 0.3 is 0 Å². The minimum atomic E-state index is 0. The fraction of sp³-hybridized carbons (Fsp3) is 1.00. The molecule has 788 valence electrons. The molecule has 0 unspecified atom stereocenters. The molecule has 0 spiro atoms. The molecule has 0 fully saturated rings. The lowest BCUT2D eigenvalue weighted by atomic mass is 10.0. The summed E-state index contributed by atoms with van der Waals surface area (Å²) in [6, 6.07) is 0. The first kappa shape index (κ1) is 155. The number of rotatable bonds is 78. The molecule has 0 bridgehead atoms. The van der Waals surface area contributed by atoms with Crippen LogP contribution in [0.5, 0.6) is 0 Å². The minimum absolute atomic E-state index is 0. The highest BCUT2D eigenvalue weighted by Gasteiger charge is 2.03. The van der Waals surface area contributed by atoms with Gasteiger partial charge in [-0.05, 0) is 71.0 Å². The van der Waals surface area contributed by atoms with Gasteiger partial charge in [0.2, 0.25) is 0 Å². The van der Waals surface area contributed by atoms with Gasteiger partial charge in [-0.3, -0.25) is 0 Å². The van der Waals surface area contributed by atoms with Crippen molar-refractivity contribution in [2.75, 3.05) is 0 Å². The molecule has 0 aromatic heterocycles. The maximum atomic E-state index is 2.33.